The van der Waals surface area contributed by atoms with E-state index in [0.717, 1.165) is 6.07 Å². The fourth-order valence-electron chi connectivity index (χ4n) is 1.42. The van der Waals surface area contributed by atoms with Crippen LogP contribution in [0.4, 0.5) is 13.2 Å². The standard InChI is InChI=1S/C12H13F3N2/c1-9(6-16)7-17-8-10-4-2-3-5-11(10)12(13,14)15/h2-5,9,17H,7-8H2,1H3. The van der Waals surface area contributed by atoms with Gasteiger partial charge in [-0.1, -0.05) is 18.2 Å². The molecule has 0 fully saturated rings. The van der Waals surface area contributed by atoms with Crippen LogP contribution in [0.5, 0.6) is 0 Å². The SMILES string of the molecule is CC(C#N)CNCc1ccccc1C(F)(F)F. The molecule has 0 aliphatic rings. The predicted molar refractivity (Wildman–Crippen MR) is 57.9 cm³/mol. The van der Waals surface area contributed by atoms with Gasteiger partial charge in [-0.25, -0.2) is 0 Å². The molecular weight excluding hydrogens is 229 g/mol. The molecule has 0 radical (unpaired) electrons. The molecule has 0 aromatic heterocycles. The van der Waals surface area contributed by atoms with Crippen LogP contribution in [-0.2, 0) is 12.7 Å². The largest absolute Gasteiger partial charge is 0.416 e. The van der Waals surface area contributed by atoms with E-state index in [2.05, 4.69) is 5.32 Å². The highest BCUT2D eigenvalue weighted by atomic mass is 19.4. The van der Waals surface area contributed by atoms with Crippen LogP contribution in [0, 0.1) is 17.2 Å². The molecule has 0 aliphatic heterocycles. The van der Waals surface area contributed by atoms with Gasteiger partial charge in [-0.3, -0.25) is 0 Å². The average Bonchev–Trinajstić information content (AvgIpc) is 2.28. The summed E-state index contributed by atoms with van der Waals surface area (Å²) in [5.74, 6) is -0.215. The topological polar surface area (TPSA) is 35.8 Å². The third kappa shape index (κ3) is 4.08. The van der Waals surface area contributed by atoms with E-state index in [0.29, 0.717) is 6.54 Å². The summed E-state index contributed by atoms with van der Waals surface area (Å²) in [6, 6.07) is 7.44. The minimum Gasteiger partial charge on any atom is -0.311 e. The fourth-order valence-corrected chi connectivity index (χ4v) is 1.42. The summed E-state index contributed by atoms with van der Waals surface area (Å²) in [5, 5.41) is 11.4. The van der Waals surface area contributed by atoms with Gasteiger partial charge in [0.2, 0.25) is 0 Å². The van der Waals surface area contributed by atoms with E-state index in [1.807, 2.05) is 6.07 Å². The molecule has 1 aromatic rings. The van der Waals surface area contributed by atoms with E-state index < -0.39 is 11.7 Å². The lowest BCUT2D eigenvalue weighted by molar-refractivity contribution is -0.138. The zero-order chi connectivity index (χ0) is 12.9. The number of hydrogen-bond donors (Lipinski definition) is 1. The van der Waals surface area contributed by atoms with Gasteiger partial charge < -0.3 is 5.32 Å². The van der Waals surface area contributed by atoms with Crippen LogP contribution in [0.3, 0.4) is 0 Å². The lowest BCUT2D eigenvalue weighted by Crippen LogP contribution is -2.22. The molecule has 17 heavy (non-hydrogen) atoms. The summed E-state index contributed by atoms with van der Waals surface area (Å²) in [5.41, 5.74) is -0.428. The normalized spacial score (nSPS) is 13.1. The zero-order valence-electron chi connectivity index (χ0n) is 9.38. The van der Waals surface area contributed by atoms with Crippen LogP contribution in [-0.4, -0.2) is 6.54 Å². The summed E-state index contributed by atoms with van der Waals surface area (Å²) < 4.78 is 37.9. The summed E-state index contributed by atoms with van der Waals surface area (Å²) in [7, 11) is 0. The molecule has 5 heteroatoms. The first-order valence-corrected chi connectivity index (χ1v) is 5.20. The smallest absolute Gasteiger partial charge is 0.311 e. The second kappa shape index (κ2) is 5.69. The van der Waals surface area contributed by atoms with Crippen LogP contribution >= 0.6 is 0 Å². The maximum absolute atomic E-state index is 12.6. The molecule has 1 N–H and O–H groups in total. The quantitative estimate of drug-likeness (QED) is 0.881. The highest BCUT2D eigenvalue weighted by molar-refractivity contribution is 5.29. The summed E-state index contributed by atoms with van der Waals surface area (Å²) in [6.45, 7) is 2.20. The van der Waals surface area contributed by atoms with Gasteiger partial charge in [-0.2, -0.15) is 18.4 Å². The Morgan fingerprint density at radius 3 is 2.59 bits per heavy atom. The number of nitrogens with one attached hydrogen (secondary N) is 1. The zero-order valence-corrected chi connectivity index (χ0v) is 9.38. The molecule has 0 heterocycles. The first-order chi connectivity index (χ1) is 7.95. The van der Waals surface area contributed by atoms with Crippen LogP contribution < -0.4 is 5.32 Å². The molecule has 1 atom stereocenters. The molecule has 1 aromatic carbocycles. The van der Waals surface area contributed by atoms with Crippen LogP contribution in [0.15, 0.2) is 24.3 Å². The van der Waals surface area contributed by atoms with Crippen LogP contribution in [0.2, 0.25) is 0 Å². The van der Waals surface area contributed by atoms with Crippen molar-refractivity contribution < 1.29 is 13.2 Å². The molecule has 0 spiro atoms. The summed E-state index contributed by atoms with van der Waals surface area (Å²) in [6.07, 6.45) is -4.33. The van der Waals surface area contributed by atoms with E-state index in [-0.39, 0.29) is 18.0 Å². The Balaban J connectivity index is 2.69. The van der Waals surface area contributed by atoms with Crippen LogP contribution in [0.25, 0.3) is 0 Å². The summed E-state index contributed by atoms with van der Waals surface area (Å²) in [4.78, 5) is 0. The van der Waals surface area contributed by atoms with Crippen molar-refractivity contribution in [2.45, 2.75) is 19.6 Å². The number of alkyl halides is 3. The Hall–Kier alpha value is -1.54. The average molecular weight is 242 g/mol. The molecular formula is C12H13F3N2. The minimum absolute atomic E-state index is 0.113. The third-order valence-electron chi connectivity index (χ3n) is 2.31. The van der Waals surface area contributed by atoms with Gasteiger partial charge in [-0.05, 0) is 18.6 Å². The van der Waals surface area contributed by atoms with E-state index >= 15 is 0 Å². The Morgan fingerprint density at radius 1 is 1.35 bits per heavy atom. The van der Waals surface area contributed by atoms with Crippen molar-refractivity contribution >= 4 is 0 Å². The molecule has 0 saturated heterocycles. The van der Waals surface area contributed by atoms with Crippen molar-refractivity contribution in [2.24, 2.45) is 5.92 Å². The fraction of sp³-hybridized carbons (Fsp3) is 0.417. The molecule has 0 saturated carbocycles. The minimum atomic E-state index is -4.33. The second-order valence-corrected chi connectivity index (χ2v) is 3.82. The van der Waals surface area contributed by atoms with E-state index in [1.165, 1.54) is 12.1 Å². The molecule has 2 nitrogen and oxygen atoms in total. The van der Waals surface area contributed by atoms with Gasteiger partial charge in [0.05, 0.1) is 17.6 Å². The number of nitriles is 1. The highest BCUT2D eigenvalue weighted by Crippen LogP contribution is 2.31. The van der Waals surface area contributed by atoms with Crippen molar-refractivity contribution in [3.05, 3.63) is 35.4 Å². The Kier molecular flexibility index (Phi) is 4.53. The number of halogens is 3. The maximum Gasteiger partial charge on any atom is 0.416 e. The number of rotatable bonds is 4. The number of nitrogens with zero attached hydrogens (tertiary/aromatic N) is 1. The number of hydrogen-bond acceptors (Lipinski definition) is 2. The lowest BCUT2D eigenvalue weighted by atomic mass is 10.1. The van der Waals surface area contributed by atoms with Crippen molar-refractivity contribution in [3.8, 4) is 6.07 Å². The van der Waals surface area contributed by atoms with E-state index in [1.54, 1.807) is 13.0 Å². The predicted octanol–water partition coefficient (Wildman–Crippen LogP) is 2.95. The van der Waals surface area contributed by atoms with Crippen LogP contribution in [0.1, 0.15) is 18.1 Å². The van der Waals surface area contributed by atoms with E-state index in [9.17, 15) is 13.2 Å². The molecule has 1 rings (SSSR count). The van der Waals surface area contributed by atoms with Crippen molar-refractivity contribution in [1.29, 1.82) is 5.26 Å². The Bertz CT molecular complexity index is 407. The third-order valence-corrected chi connectivity index (χ3v) is 2.31. The summed E-state index contributed by atoms with van der Waals surface area (Å²) >= 11 is 0. The second-order valence-electron chi connectivity index (χ2n) is 3.82. The lowest BCUT2D eigenvalue weighted by Gasteiger charge is -2.13. The van der Waals surface area contributed by atoms with Gasteiger partial charge in [0.15, 0.2) is 0 Å². The van der Waals surface area contributed by atoms with Gasteiger partial charge in [0, 0.05) is 13.1 Å². The van der Waals surface area contributed by atoms with Gasteiger partial charge >= 0.3 is 6.18 Å². The Labute approximate surface area is 98.1 Å². The molecule has 0 aliphatic carbocycles. The Morgan fingerprint density at radius 2 is 2.00 bits per heavy atom. The van der Waals surface area contributed by atoms with Crippen molar-refractivity contribution in [3.63, 3.8) is 0 Å². The van der Waals surface area contributed by atoms with Gasteiger partial charge in [0.25, 0.3) is 0 Å². The maximum atomic E-state index is 12.6. The van der Waals surface area contributed by atoms with Crippen molar-refractivity contribution in [2.75, 3.05) is 6.54 Å². The van der Waals surface area contributed by atoms with Gasteiger partial charge in [-0.15, -0.1) is 0 Å². The molecule has 0 bridgehead atoms. The van der Waals surface area contributed by atoms with E-state index in [4.69, 9.17) is 5.26 Å². The number of benzene rings is 1. The molecule has 1 unspecified atom stereocenters. The first kappa shape index (κ1) is 13.5. The molecule has 0 amide bonds. The monoisotopic (exact) mass is 242 g/mol. The highest BCUT2D eigenvalue weighted by Gasteiger charge is 2.32. The van der Waals surface area contributed by atoms with Gasteiger partial charge in [0.1, 0.15) is 0 Å². The molecule has 92 valence electrons. The van der Waals surface area contributed by atoms with Crippen molar-refractivity contribution in [1.82, 2.24) is 5.32 Å². The first-order valence-electron chi connectivity index (χ1n) is 5.20.